The van der Waals surface area contributed by atoms with Crippen molar-refractivity contribution in [1.29, 1.82) is 0 Å². The second-order valence-corrected chi connectivity index (χ2v) is 11.1. The third-order valence-corrected chi connectivity index (χ3v) is 8.26. The molecule has 0 bridgehead atoms. The Kier molecular flexibility index (Phi) is 6.97. The molecule has 2 aromatic carbocycles. The average molecular weight is 578 g/mol. The maximum Gasteiger partial charge on any atom is 0.412 e. The number of aromatic hydroxyl groups is 1. The molecular formula is C30H31N3O9. The highest BCUT2D eigenvalue weighted by molar-refractivity contribution is 6.22. The number of aryl methyl sites for hydroxylation is 1. The van der Waals surface area contributed by atoms with E-state index in [2.05, 4.69) is 5.32 Å². The number of benzene rings is 2. The first-order chi connectivity index (χ1) is 19.7. The van der Waals surface area contributed by atoms with Gasteiger partial charge >= 0.3 is 6.09 Å². The van der Waals surface area contributed by atoms with Gasteiger partial charge in [0.2, 0.25) is 5.78 Å². The summed E-state index contributed by atoms with van der Waals surface area (Å²) in [5.74, 6) is -6.65. The molecule has 0 aliphatic heterocycles. The van der Waals surface area contributed by atoms with Gasteiger partial charge < -0.3 is 41.1 Å². The zero-order chi connectivity index (χ0) is 30.7. The van der Waals surface area contributed by atoms with Crippen LogP contribution in [0.1, 0.15) is 35.1 Å². The Balaban J connectivity index is 1.54. The SMILES string of the molecule is Cc1ccc(OC(=O)NCc2cc(N(C)C)c3c(c2O)C(O)=C2C(=O)[C@]4(O)C(O)=C(C(N)=O)C(=O)C[C@@H]4C[C@@H]2C3)cc1. The summed E-state index contributed by atoms with van der Waals surface area (Å²) < 4.78 is 5.27. The molecule has 0 heterocycles. The molecule has 5 rings (SSSR count). The van der Waals surface area contributed by atoms with Gasteiger partial charge in [0.15, 0.2) is 11.4 Å². The van der Waals surface area contributed by atoms with Gasteiger partial charge in [-0.1, -0.05) is 17.7 Å². The molecule has 3 aliphatic carbocycles. The zero-order valence-corrected chi connectivity index (χ0v) is 23.2. The highest BCUT2D eigenvalue weighted by Gasteiger charge is 2.60. The number of carbonyl (C=O) groups is 4. The largest absolute Gasteiger partial charge is 0.508 e. The number of Topliss-reactive ketones (excluding diaryl/α,β-unsaturated/α-hetero) is 2. The highest BCUT2D eigenvalue weighted by Crippen LogP contribution is 2.53. The number of amides is 2. The molecule has 0 unspecified atom stereocenters. The van der Waals surface area contributed by atoms with E-state index in [1.54, 1.807) is 49.3 Å². The summed E-state index contributed by atoms with van der Waals surface area (Å²) in [7, 11) is 3.51. The van der Waals surface area contributed by atoms with Crippen LogP contribution in [0.2, 0.25) is 0 Å². The fourth-order valence-electron chi connectivity index (χ4n) is 6.17. The number of rotatable bonds is 5. The van der Waals surface area contributed by atoms with Crippen molar-refractivity contribution >= 4 is 35.0 Å². The first kappa shape index (κ1) is 28.7. The minimum Gasteiger partial charge on any atom is -0.508 e. The summed E-state index contributed by atoms with van der Waals surface area (Å²) in [5.41, 5.74) is 3.77. The molecule has 0 radical (unpaired) electrons. The Morgan fingerprint density at radius 3 is 2.40 bits per heavy atom. The standard InChI is InChI=1S/C30H31N3O9/c1-13-4-6-17(7-5-13)42-29(40)32-12-15-10-19(33(2)3)18-9-14-8-16-11-20(34)23(28(31)39)27(38)30(16,41)26(37)21(14)25(36)22(18)24(15)35/h4-7,10,14,16,35-36,38,41H,8-9,11-12H2,1-3H3,(H2,31,39)(H,32,40)/t14-,16+,30+/m1/s1. The third-order valence-electron chi connectivity index (χ3n) is 8.26. The van der Waals surface area contributed by atoms with Crippen LogP contribution < -0.4 is 20.7 Å². The van der Waals surface area contributed by atoms with Gasteiger partial charge in [0.25, 0.3) is 5.91 Å². The number of anilines is 1. The number of aliphatic hydroxyl groups is 3. The fourth-order valence-corrected chi connectivity index (χ4v) is 6.17. The molecule has 2 amide bonds. The molecule has 2 aromatic rings. The Morgan fingerprint density at radius 1 is 1.12 bits per heavy atom. The number of phenols is 1. The van der Waals surface area contributed by atoms with Crippen LogP contribution in [0.25, 0.3) is 5.76 Å². The number of nitrogens with one attached hydrogen (secondary N) is 1. The van der Waals surface area contributed by atoms with Crippen LogP contribution >= 0.6 is 0 Å². The average Bonchev–Trinajstić information content (AvgIpc) is 2.91. The Labute approximate surface area is 240 Å². The molecule has 42 heavy (non-hydrogen) atoms. The van der Waals surface area contributed by atoms with Gasteiger partial charge in [-0.05, 0) is 49.4 Å². The predicted molar refractivity (Wildman–Crippen MR) is 150 cm³/mol. The smallest absolute Gasteiger partial charge is 0.412 e. The summed E-state index contributed by atoms with van der Waals surface area (Å²) in [5, 5.41) is 47.5. The molecule has 0 spiro atoms. The number of nitrogens with zero attached hydrogens (tertiary/aromatic N) is 1. The van der Waals surface area contributed by atoms with Crippen molar-refractivity contribution in [3.63, 3.8) is 0 Å². The Morgan fingerprint density at radius 2 is 1.79 bits per heavy atom. The van der Waals surface area contributed by atoms with Crippen LogP contribution in [0.15, 0.2) is 47.2 Å². The van der Waals surface area contributed by atoms with Crippen molar-refractivity contribution in [3.8, 4) is 11.5 Å². The maximum absolute atomic E-state index is 13.8. The molecule has 1 saturated carbocycles. The van der Waals surface area contributed by atoms with Crippen LogP contribution in [-0.2, 0) is 27.3 Å². The quantitative estimate of drug-likeness (QED) is 0.286. The number of carbonyl (C=O) groups excluding carboxylic acids is 4. The molecule has 12 heteroatoms. The number of phenolic OH excluding ortho intramolecular Hbond substituents is 1. The molecule has 7 N–H and O–H groups in total. The van der Waals surface area contributed by atoms with Crippen molar-refractivity contribution < 1.29 is 44.3 Å². The van der Waals surface area contributed by atoms with E-state index >= 15 is 0 Å². The second kappa shape index (κ2) is 10.2. The van der Waals surface area contributed by atoms with Gasteiger partial charge in [-0.25, -0.2) is 4.79 Å². The van der Waals surface area contributed by atoms with Gasteiger partial charge in [-0.2, -0.15) is 0 Å². The first-order valence-electron chi connectivity index (χ1n) is 13.3. The lowest BCUT2D eigenvalue weighted by Gasteiger charge is -2.46. The van der Waals surface area contributed by atoms with E-state index in [1.165, 1.54) is 0 Å². The van der Waals surface area contributed by atoms with Crippen LogP contribution in [0.5, 0.6) is 11.5 Å². The van der Waals surface area contributed by atoms with E-state index in [-0.39, 0.29) is 36.1 Å². The van der Waals surface area contributed by atoms with Crippen LogP contribution in [0.3, 0.4) is 0 Å². The number of primary amides is 1. The Bertz CT molecular complexity index is 1610. The lowest BCUT2D eigenvalue weighted by atomic mass is 9.59. The molecule has 3 aliphatic rings. The van der Waals surface area contributed by atoms with Crippen LogP contribution in [0, 0.1) is 18.8 Å². The number of fused-ring (bicyclic) bond motifs is 3. The number of ketones is 2. The summed E-state index contributed by atoms with van der Waals surface area (Å²) in [6.07, 6.45) is -0.972. The number of ether oxygens (including phenoxy) is 1. The molecule has 1 fully saturated rings. The molecule has 0 aromatic heterocycles. The van der Waals surface area contributed by atoms with Gasteiger partial charge in [-0.15, -0.1) is 0 Å². The van der Waals surface area contributed by atoms with Gasteiger partial charge in [-0.3, -0.25) is 14.4 Å². The number of nitrogens with two attached hydrogens (primary N) is 1. The minimum atomic E-state index is -2.64. The van der Waals surface area contributed by atoms with E-state index < -0.39 is 70.3 Å². The number of hydrogen-bond donors (Lipinski definition) is 6. The van der Waals surface area contributed by atoms with E-state index in [9.17, 15) is 39.6 Å². The van der Waals surface area contributed by atoms with Gasteiger partial charge in [0, 0.05) is 49.8 Å². The lowest BCUT2D eigenvalue weighted by molar-refractivity contribution is -0.147. The van der Waals surface area contributed by atoms with Crippen LogP contribution in [0.4, 0.5) is 10.5 Å². The molecule has 220 valence electrons. The van der Waals surface area contributed by atoms with E-state index in [1.807, 2.05) is 6.92 Å². The zero-order valence-electron chi connectivity index (χ0n) is 23.2. The first-order valence-corrected chi connectivity index (χ1v) is 13.3. The van der Waals surface area contributed by atoms with Crippen LogP contribution in [-0.4, -0.2) is 63.7 Å². The van der Waals surface area contributed by atoms with Crippen molar-refractivity contribution in [3.05, 3.63) is 69.5 Å². The van der Waals surface area contributed by atoms with E-state index in [0.29, 0.717) is 17.0 Å². The van der Waals surface area contributed by atoms with Gasteiger partial charge in [0.1, 0.15) is 28.6 Å². The molecule has 3 atom stereocenters. The monoisotopic (exact) mass is 577 g/mol. The van der Waals surface area contributed by atoms with E-state index in [0.717, 1.165) is 5.56 Å². The normalized spacial score (nSPS) is 23.1. The van der Waals surface area contributed by atoms with Crippen molar-refractivity contribution in [1.82, 2.24) is 5.32 Å². The maximum atomic E-state index is 13.8. The predicted octanol–water partition coefficient (Wildman–Crippen LogP) is 2.09. The second-order valence-electron chi connectivity index (χ2n) is 11.1. The summed E-state index contributed by atoms with van der Waals surface area (Å²) in [6, 6.07) is 8.49. The highest BCUT2D eigenvalue weighted by atomic mass is 16.6. The summed E-state index contributed by atoms with van der Waals surface area (Å²) in [4.78, 5) is 52.3. The number of hydrogen-bond acceptors (Lipinski definition) is 10. The molecule has 0 saturated heterocycles. The molecular weight excluding hydrogens is 546 g/mol. The molecule has 12 nitrogen and oxygen atoms in total. The van der Waals surface area contributed by atoms with Gasteiger partial charge in [0.05, 0.1) is 5.56 Å². The van der Waals surface area contributed by atoms with Crippen molar-refractivity contribution in [2.24, 2.45) is 17.6 Å². The summed E-state index contributed by atoms with van der Waals surface area (Å²) >= 11 is 0. The van der Waals surface area contributed by atoms with Crippen molar-refractivity contribution in [2.75, 3.05) is 19.0 Å². The fraction of sp³-hybridized carbons (Fsp3) is 0.333. The topological polar surface area (TPSA) is 200 Å². The van der Waals surface area contributed by atoms with Crippen molar-refractivity contribution in [2.45, 2.75) is 38.3 Å². The minimum absolute atomic E-state index is 0.0324. The lowest BCUT2D eigenvalue weighted by Crippen LogP contribution is -2.58. The summed E-state index contributed by atoms with van der Waals surface area (Å²) in [6.45, 7) is 1.70. The Hall–Kier alpha value is -4.84. The number of aliphatic hydroxyl groups excluding tert-OH is 2. The third kappa shape index (κ3) is 4.44. The van der Waals surface area contributed by atoms with E-state index in [4.69, 9.17) is 10.5 Å².